The zero-order chi connectivity index (χ0) is 26.1. The predicted molar refractivity (Wildman–Crippen MR) is 144 cm³/mol. The molecule has 1 spiro atoms. The SMILES string of the molecule is C#CC(=CC=CC)C1CC(OCC)CC2(CCC=C(C(=O)c3ccc(OC(C)C)c(OC)c3)CC2)O1. The number of carbonyl (C=O) groups excluding carboxylic acids is 1. The van der Waals surface area contributed by atoms with Crippen LogP contribution in [0.25, 0.3) is 0 Å². The van der Waals surface area contributed by atoms with Gasteiger partial charge in [-0.05, 0) is 83.2 Å². The molecule has 0 saturated carbocycles. The fourth-order valence-corrected chi connectivity index (χ4v) is 5.11. The first kappa shape index (κ1) is 27.8. The molecule has 1 heterocycles. The van der Waals surface area contributed by atoms with Gasteiger partial charge in [-0.1, -0.05) is 24.1 Å². The van der Waals surface area contributed by atoms with Gasteiger partial charge in [0.2, 0.25) is 0 Å². The zero-order valence-corrected chi connectivity index (χ0v) is 22.3. The fraction of sp³-hybridized carbons (Fsp3) is 0.516. The maximum atomic E-state index is 13.5. The highest BCUT2D eigenvalue weighted by Crippen LogP contribution is 2.42. The van der Waals surface area contributed by atoms with Gasteiger partial charge in [-0.15, -0.1) is 6.42 Å². The molecule has 1 aromatic rings. The Morgan fingerprint density at radius 2 is 2.11 bits per heavy atom. The van der Waals surface area contributed by atoms with Crippen molar-refractivity contribution in [2.45, 2.75) is 90.1 Å². The van der Waals surface area contributed by atoms with E-state index in [2.05, 4.69) is 12.0 Å². The smallest absolute Gasteiger partial charge is 0.188 e. The highest BCUT2D eigenvalue weighted by Gasteiger charge is 2.43. The Labute approximate surface area is 216 Å². The lowest BCUT2D eigenvalue weighted by molar-refractivity contribution is -0.165. The Morgan fingerprint density at radius 3 is 2.78 bits per heavy atom. The predicted octanol–water partition coefficient (Wildman–Crippen LogP) is 6.62. The number of rotatable bonds is 9. The molecule has 194 valence electrons. The highest BCUT2D eigenvalue weighted by atomic mass is 16.5. The number of terminal acetylenes is 1. The largest absolute Gasteiger partial charge is 0.493 e. The van der Waals surface area contributed by atoms with Crippen molar-refractivity contribution in [1.29, 1.82) is 0 Å². The molecule has 3 atom stereocenters. The van der Waals surface area contributed by atoms with E-state index in [1.54, 1.807) is 13.2 Å². The summed E-state index contributed by atoms with van der Waals surface area (Å²) >= 11 is 0. The number of ether oxygens (including phenoxy) is 4. The molecule has 36 heavy (non-hydrogen) atoms. The van der Waals surface area contributed by atoms with Gasteiger partial charge in [-0.25, -0.2) is 0 Å². The molecule has 5 heteroatoms. The van der Waals surface area contributed by atoms with Crippen LogP contribution < -0.4 is 9.47 Å². The second kappa shape index (κ2) is 12.9. The van der Waals surface area contributed by atoms with E-state index in [0.717, 1.165) is 43.3 Å². The number of hydrogen-bond donors (Lipinski definition) is 0. The average Bonchev–Trinajstić information content (AvgIpc) is 3.06. The summed E-state index contributed by atoms with van der Waals surface area (Å²) in [5, 5.41) is 0. The van der Waals surface area contributed by atoms with Crippen LogP contribution in [0.15, 0.2) is 53.6 Å². The summed E-state index contributed by atoms with van der Waals surface area (Å²) in [6.45, 7) is 8.56. The first-order valence-corrected chi connectivity index (χ1v) is 13.0. The van der Waals surface area contributed by atoms with Crippen LogP contribution in [0, 0.1) is 12.3 Å². The van der Waals surface area contributed by atoms with Crippen molar-refractivity contribution in [3.63, 3.8) is 0 Å². The van der Waals surface area contributed by atoms with E-state index < -0.39 is 0 Å². The lowest BCUT2D eigenvalue weighted by atomic mass is 9.81. The minimum atomic E-state index is -0.375. The van der Waals surface area contributed by atoms with Crippen LogP contribution in [-0.4, -0.2) is 43.4 Å². The molecule has 3 unspecified atom stereocenters. The maximum absolute atomic E-state index is 13.5. The molecule has 0 N–H and O–H groups in total. The minimum absolute atomic E-state index is 0.0175. The normalized spacial score (nSPS) is 24.9. The molecular weight excluding hydrogens is 452 g/mol. The van der Waals surface area contributed by atoms with E-state index in [9.17, 15) is 4.79 Å². The monoisotopic (exact) mass is 492 g/mol. The van der Waals surface area contributed by atoms with Gasteiger partial charge in [-0.3, -0.25) is 4.79 Å². The van der Waals surface area contributed by atoms with E-state index in [4.69, 9.17) is 25.4 Å². The number of benzene rings is 1. The second-order valence-electron chi connectivity index (χ2n) is 9.73. The van der Waals surface area contributed by atoms with Crippen molar-refractivity contribution in [3.05, 3.63) is 59.2 Å². The molecule has 0 amide bonds. The minimum Gasteiger partial charge on any atom is -0.493 e. The molecule has 1 aromatic carbocycles. The number of hydrogen-bond acceptors (Lipinski definition) is 5. The quantitative estimate of drug-likeness (QED) is 0.220. The molecule has 0 bridgehead atoms. The first-order chi connectivity index (χ1) is 17.3. The van der Waals surface area contributed by atoms with Gasteiger partial charge in [0, 0.05) is 30.6 Å². The summed E-state index contributed by atoms with van der Waals surface area (Å²) in [6, 6.07) is 5.39. The Hall–Kier alpha value is -2.81. The summed E-state index contributed by atoms with van der Waals surface area (Å²) in [7, 11) is 1.59. The van der Waals surface area contributed by atoms with Gasteiger partial charge in [0.15, 0.2) is 17.3 Å². The van der Waals surface area contributed by atoms with E-state index >= 15 is 0 Å². The van der Waals surface area contributed by atoms with Gasteiger partial charge in [0.05, 0.1) is 31.0 Å². The van der Waals surface area contributed by atoms with Crippen molar-refractivity contribution in [2.24, 2.45) is 0 Å². The molecule has 3 rings (SSSR count). The first-order valence-electron chi connectivity index (χ1n) is 13.0. The lowest BCUT2D eigenvalue weighted by Gasteiger charge is -2.44. The van der Waals surface area contributed by atoms with Gasteiger partial charge < -0.3 is 18.9 Å². The Kier molecular flexibility index (Phi) is 9.98. The standard InChI is InChI=1S/C31H40O5/c1-7-10-12-23(8-2)28-20-26(34-9-3)21-31(36-28)17-11-13-24(16-18-31)30(32)25-14-15-27(35-22(4)5)29(19-25)33-6/h2,7,10,12-15,19,22,26,28H,9,11,16-18,20-21H2,1,3-6H3. The van der Waals surface area contributed by atoms with Crippen LogP contribution in [0.1, 0.15) is 76.6 Å². The third kappa shape index (κ3) is 6.90. The summed E-state index contributed by atoms with van der Waals surface area (Å²) < 4.78 is 24.1. The van der Waals surface area contributed by atoms with E-state index in [1.807, 2.05) is 58.1 Å². The molecule has 0 radical (unpaired) electrons. The second-order valence-corrected chi connectivity index (χ2v) is 9.73. The van der Waals surface area contributed by atoms with Crippen LogP contribution >= 0.6 is 0 Å². The Bertz CT molecular complexity index is 1040. The van der Waals surface area contributed by atoms with Crippen LogP contribution in [0.4, 0.5) is 0 Å². The number of methoxy groups -OCH3 is 1. The highest BCUT2D eigenvalue weighted by molar-refractivity contribution is 6.09. The zero-order valence-electron chi connectivity index (χ0n) is 22.3. The van der Waals surface area contributed by atoms with Crippen molar-refractivity contribution in [2.75, 3.05) is 13.7 Å². The van der Waals surface area contributed by atoms with Crippen LogP contribution in [0.2, 0.25) is 0 Å². The fourth-order valence-electron chi connectivity index (χ4n) is 5.11. The molecule has 5 nitrogen and oxygen atoms in total. The van der Waals surface area contributed by atoms with Crippen LogP contribution in [0.3, 0.4) is 0 Å². The Morgan fingerprint density at radius 1 is 1.31 bits per heavy atom. The van der Waals surface area contributed by atoms with Gasteiger partial charge in [0.25, 0.3) is 0 Å². The van der Waals surface area contributed by atoms with Crippen molar-refractivity contribution >= 4 is 5.78 Å². The molecule has 0 aromatic heterocycles. The third-order valence-electron chi connectivity index (χ3n) is 6.77. The number of carbonyl (C=O) groups is 1. The van der Waals surface area contributed by atoms with E-state index in [0.29, 0.717) is 30.1 Å². The summed E-state index contributed by atoms with van der Waals surface area (Å²) in [5.41, 5.74) is 1.87. The van der Waals surface area contributed by atoms with Crippen LogP contribution in [0.5, 0.6) is 11.5 Å². The maximum Gasteiger partial charge on any atom is 0.188 e. The van der Waals surface area contributed by atoms with Gasteiger partial charge in [0.1, 0.15) is 0 Å². The van der Waals surface area contributed by atoms with E-state index in [1.165, 1.54) is 0 Å². The topological polar surface area (TPSA) is 54.0 Å². The molecular formula is C31H40O5. The lowest BCUT2D eigenvalue weighted by Crippen LogP contribution is -2.47. The summed E-state index contributed by atoms with van der Waals surface area (Å²) in [4.78, 5) is 13.5. The van der Waals surface area contributed by atoms with Gasteiger partial charge >= 0.3 is 0 Å². The van der Waals surface area contributed by atoms with Crippen molar-refractivity contribution in [1.82, 2.24) is 0 Å². The molecule has 1 aliphatic carbocycles. The van der Waals surface area contributed by atoms with Crippen LogP contribution in [-0.2, 0) is 9.47 Å². The van der Waals surface area contributed by atoms with Crippen molar-refractivity contribution < 1.29 is 23.7 Å². The summed E-state index contributed by atoms with van der Waals surface area (Å²) in [5.74, 6) is 4.04. The Balaban J connectivity index is 1.79. The molecule has 1 aliphatic heterocycles. The average molecular weight is 493 g/mol. The van der Waals surface area contributed by atoms with E-state index in [-0.39, 0.29) is 29.7 Å². The molecule has 1 saturated heterocycles. The number of Topliss-reactive ketones (excluding diaryl/α,β-unsaturated/α-hetero) is 1. The van der Waals surface area contributed by atoms with Crippen molar-refractivity contribution in [3.8, 4) is 23.8 Å². The third-order valence-corrected chi connectivity index (χ3v) is 6.77. The number of ketones is 1. The molecule has 1 fully saturated rings. The van der Waals surface area contributed by atoms with Gasteiger partial charge in [-0.2, -0.15) is 0 Å². The number of allylic oxidation sites excluding steroid dienone is 5. The molecule has 2 aliphatic rings. The summed E-state index contributed by atoms with van der Waals surface area (Å²) in [6.07, 6.45) is 18.2.